The van der Waals surface area contributed by atoms with Crippen LogP contribution in [0.5, 0.6) is 0 Å². The van der Waals surface area contributed by atoms with E-state index < -0.39 is 0 Å². The molecular formula is C19H32N4O. The van der Waals surface area contributed by atoms with Crippen LogP contribution in [0.3, 0.4) is 0 Å². The Kier molecular flexibility index (Phi) is 9.58. The Hall–Kier alpha value is -2.04. The zero-order valence-electron chi connectivity index (χ0n) is 15.5. The number of rotatable bonds is 9. The summed E-state index contributed by atoms with van der Waals surface area (Å²) < 4.78 is 0. The quantitative estimate of drug-likeness (QED) is 0.370. The number of carbonyl (C=O) groups excluding carboxylic acids is 1. The average molecular weight is 332 g/mol. The minimum Gasteiger partial charge on any atom is -0.357 e. The molecule has 3 N–H and O–H groups in total. The third kappa shape index (κ3) is 7.49. The zero-order chi connectivity index (χ0) is 17.8. The van der Waals surface area contributed by atoms with Gasteiger partial charge in [-0.1, -0.05) is 38.3 Å². The molecule has 0 fully saturated rings. The van der Waals surface area contributed by atoms with E-state index in [2.05, 4.69) is 41.7 Å². The molecule has 1 aromatic rings. The maximum Gasteiger partial charge on any atom is 0.251 e. The van der Waals surface area contributed by atoms with Crippen LogP contribution in [0.15, 0.2) is 29.3 Å². The van der Waals surface area contributed by atoms with Gasteiger partial charge in [0.25, 0.3) is 5.91 Å². The molecule has 0 aliphatic rings. The summed E-state index contributed by atoms with van der Waals surface area (Å²) in [6.07, 6.45) is 4.91. The van der Waals surface area contributed by atoms with Gasteiger partial charge in [-0.3, -0.25) is 4.79 Å². The highest BCUT2D eigenvalue weighted by atomic mass is 16.1. The Labute approximate surface area is 146 Å². The van der Waals surface area contributed by atoms with Gasteiger partial charge in [0, 0.05) is 25.2 Å². The first-order chi connectivity index (χ1) is 11.6. The van der Waals surface area contributed by atoms with Crippen LogP contribution in [0.25, 0.3) is 0 Å². The molecule has 0 spiro atoms. The summed E-state index contributed by atoms with van der Waals surface area (Å²) in [5, 5.41) is 9.37. The molecule has 0 bridgehead atoms. The van der Waals surface area contributed by atoms with Crippen LogP contribution in [0.2, 0.25) is 0 Å². The lowest BCUT2D eigenvalue weighted by Crippen LogP contribution is -2.42. The van der Waals surface area contributed by atoms with Crippen molar-refractivity contribution in [3.05, 3.63) is 35.4 Å². The van der Waals surface area contributed by atoms with Gasteiger partial charge in [0.15, 0.2) is 5.96 Å². The number of amides is 1. The summed E-state index contributed by atoms with van der Waals surface area (Å²) in [6, 6.07) is 7.96. The van der Waals surface area contributed by atoms with Crippen molar-refractivity contribution in [1.82, 2.24) is 16.0 Å². The number of guanidine groups is 1. The molecule has 0 aliphatic carbocycles. The van der Waals surface area contributed by atoms with E-state index in [0.29, 0.717) is 18.2 Å². The van der Waals surface area contributed by atoms with Crippen molar-refractivity contribution in [2.75, 3.05) is 13.6 Å². The minimum atomic E-state index is -0.0686. The van der Waals surface area contributed by atoms with Crippen molar-refractivity contribution in [3.8, 4) is 0 Å². The normalized spacial score (nSPS) is 12.6. The predicted molar refractivity (Wildman–Crippen MR) is 101 cm³/mol. The lowest BCUT2D eigenvalue weighted by molar-refractivity contribution is 0.0963. The summed E-state index contributed by atoms with van der Waals surface area (Å²) >= 11 is 0. The fourth-order valence-electron chi connectivity index (χ4n) is 2.40. The van der Waals surface area contributed by atoms with E-state index in [9.17, 15) is 4.79 Å². The standard InChI is InChI=1S/C19H32N4O/c1-5-7-8-9-15(3)23-19(21-6-2)22-14-16-10-12-17(13-11-16)18(24)20-4/h10-13,15H,5-9,14H2,1-4H3,(H,20,24)(H2,21,22,23). The van der Waals surface area contributed by atoms with Crippen LogP contribution in [0, 0.1) is 0 Å². The van der Waals surface area contributed by atoms with E-state index in [1.165, 1.54) is 19.3 Å². The molecule has 0 heterocycles. The number of benzene rings is 1. The first-order valence-electron chi connectivity index (χ1n) is 8.96. The molecule has 5 heteroatoms. The Morgan fingerprint density at radius 3 is 2.46 bits per heavy atom. The van der Waals surface area contributed by atoms with Gasteiger partial charge in [-0.2, -0.15) is 0 Å². The van der Waals surface area contributed by atoms with E-state index in [1.54, 1.807) is 7.05 Å². The lowest BCUT2D eigenvalue weighted by atomic mass is 10.1. The van der Waals surface area contributed by atoms with Crippen molar-refractivity contribution in [1.29, 1.82) is 0 Å². The number of aliphatic imine (C=N–C) groups is 1. The van der Waals surface area contributed by atoms with E-state index in [-0.39, 0.29) is 5.91 Å². The van der Waals surface area contributed by atoms with E-state index in [4.69, 9.17) is 0 Å². The third-order valence-corrected chi connectivity index (χ3v) is 3.83. The number of nitrogens with one attached hydrogen (secondary N) is 3. The fourth-order valence-corrected chi connectivity index (χ4v) is 2.40. The molecule has 5 nitrogen and oxygen atoms in total. The Balaban J connectivity index is 2.59. The highest BCUT2D eigenvalue weighted by molar-refractivity contribution is 5.93. The van der Waals surface area contributed by atoms with Crippen molar-refractivity contribution < 1.29 is 4.79 Å². The number of hydrogen-bond donors (Lipinski definition) is 3. The maximum atomic E-state index is 11.5. The topological polar surface area (TPSA) is 65.5 Å². The van der Waals surface area contributed by atoms with E-state index in [0.717, 1.165) is 24.5 Å². The summed E-state index contributed by atoms with van der Waals surface area (Å²) in [7, 11) is 1.64. The van der Waals surface area contributed by atoms with Crippen LogP contribution in [0.4, 0.5) is 0 Å². The summed E-state index contributed by atoms with van der Waals surface area (Å²) in [4.78, 5) is 16.2. The second-order valence-electron chi connectivity index (χ2n) is 6.01. The summed E-state index contributed by atoms with van der Waals surface area (Å²) in [6.45, 7) is 7.91. The third-order valence-electron chi connectivity index (χ3n) is 3.83. The molecule has 1 rings (SSSR count). The van der Waals surface area contributed by atoms with Gasteiger partial charge in [-0.15, -0.1) is 0 Å². The van der Waals surface area contributed by atoms with Gasteiger partial charge in [0.2, 0.25) is 0 Å². The van der Waals surface area contributed by atoms with Crippen LogP contribution in [-0.4, -0.2) is 31.5 Å². The van der Waals surface area contributed by atoms with Crippen LogP contribution < -0.4 is 16.0 Å². The molecular weight excluding hydrogens is 300 g/mol. The summed E-state index contributed by atoms with van der Waals surface area (Å²) in [5.74, 6) is 0.776. The second kappa shape index (κ2) is 11.5. The molecule has 1 aromatic carbocycles. The van der Waals surface area contributed by atoms with Gasteiger partial charge >= 0.3 is 0 Å². The molecule has 0 saturated carbocycles. The second-order valence-corrected chi connectivity index (χ2v) is 6.01. The molecule has 1 unspecified atom stereocenters. The van der Waals surface area contributed by atoms with Crippen molar-refractivity contribution >= 4 is 11.9 Å². The number of hydrogen-bond acceptors (Lipinski definition) is 2. The molecule has 1 amide bonds. The molecule has 0 radical (unpaired) electrons. The minimum absolute atomic E-state index is 0.0686. The largest absolute Gasteiger partial charge is 0.357 e. The highest BCUT2D eigenvalue weighted by Crippen LogP contribution is 2.06. The summed E-state index contributed by atoms with van der Waals surface area (Å²) in [5.41, 5.74) is 1.75. The molecule has 1 atom stereocenters. The SMILES string of the molecule is CCCCCC(C)NC(=NCc1ccc(C(=O)NC)cc1)NCC. The number of unbranched alkanes of at least 4 members (excludes halogenated alkanes) is 2. The van der Waals surface area contributed by atoms with Crippen LogP contribution >= 0.6 is 0 Å². The van der Waals surface area contributed by atoms with Gasteiger partial charge in [0.1, 0.15) is 0 Å². The molecule has 0 aliphatic heterocycles. The maximum absolute atomic E-state index is 11.5. The molecule has 0 saturated heterocycles. The molecule has 24 heavy (non-hydrogen) atoms. The zero-order valence-corrected chi connectivity index (χ0v) is 15.5. The average Bonchev–Trinajstić information content (AvgIpc) is 2.60. The molecule has 134 valence electrons. The van der Waals surface area contributed by atoms with Gasteiger partial charge in [-0.05, 0) is 38.0 Å². The van der Waals surface area contributed by atoms with Gasteiger partial charge in [-0.25, -0.2) is 4.99 Å². The van der Waals surface area contributed by atoms with Crippen molar-refractivity contribution in [2.24, 2.45) is 4.99 Å². The van der Waals surface area contributed by atoms with E-state index >= 15 is 0 Å². The van der Waals surface area contributed by atoms with Crippen LogP contribution in [0.1, 0.15) is 62.4 Å². The molecule has 0 aromatic heterocycles. The Morgan fingerprint density at radius 1 is 1.17 bits per heavy atom. The first kappa shape index (κ1) is 20.0. The van der Waals surface area contributed by atoms with Crippen molar-refractivity contribution in [2.45, 2.75) is 59.0 Å². The van der Waals surface area contributed by atoms with E-state index in [1.807, 2.05) is 24.3 Å². The van der Waals surface area contributed by atoms with Gasteiger partial charge < -0.3 is 16.0 Å². The fraction of sp³-hybridized carbons (Fsp3) is 0.579. The Bertz CT molecular complexity index is 511. The predicted octanol–water partition coefficient (Wildman–Crippen LogP) is 3.07. The lowest BCUT2D eigenvalue weighted by Gasteiger charge is -2.17. The van der Waals surface area contributed by atoms with Gasteiger partial charge in [0.05, 0.1) is 6.54 Å². The monoisotopic (exact) mass is 332 g/mol. The number of nitrogens with zero attached hydrogens (tertiary/aromatic N) is 1. The van der Waals surface area contributed by atoms with Crippen LogP contribution in [-0.2, 0) is 6.54 Å². The number of carbonyl (C=O) groups is 1. The highest BCUT2D eigenvalue weighted by Gasteiger charge is 2.05. The van der Waals surface area contributed by atoms with Crippen molar-refractivity contribution in [3.63, 3.8) is 0 Å². The first-order valence-corrected chi connectivity index (χ1v) is 8.96. The Morgan fingerprint density at radius 2 is 1.88 bits per heavy atom. The smallest absolute Gasteiger partial charge is 0.251 e.